The van der Waals surface area contributed by atoms with E-state index in [1.807, 2.05) is 43.3 Å². The van der Waals surface area contributed by atoms with Gasteiger partial charge in [-0.1, -0.05) is 34.1 Å². The Hall–Kier alpha value is -1.72. The number of thiocarbonyl (C=S) groups is 1. The van der Waals surface area contributed by atoms with E-state index in [2.05, 4.69) is 26.6 Å². The summed E-state index contributed by atoms with van der Waals surface area (Å²) in [5.41, 5.74) is 2.50. The van der Waals surface area contributed by atoms with Crippen LogP contribution in [0.3, 0.4) is 0 Å². The molecular weight excluding hydrogens is 336 g/mol. The molecular formula is C15H13BrN2OS. The van der Waals surface area contributed by atoms with E-state index in [0.29, 0.717) is 5.56 Å². The van der Waals surface area contributed by atoms with Gasteiger partial charge in [-0.05, 0) is 55.0 Å². The van der Waals surface area contributed by atoms with E-state index >= 15 is 0 Å². The zero-order valence-electron chi connectivity index (χ0n) is 10.8. The Morgan fingerprint density at radius 3 is 2.50 bits per heavy atom. The largest absolute Gasteiger partial charge is 0.332 e. The number of aryl methyl sites for hydroxylation is 1. The molecule has 2 aromatic carbocycles. The SMILES string of the molecule is Cc1cc(NC(=S)NC(=O)c2ccccc2)ccc1Br. The molecule has 2 N–H and O–H groups in total. The highest BCUT2D eigenvalue weighted by Crippen LogP contribution is 2.19. The van der Waals surface area contributed by atoms with Crippen LogP contribution in [0.5, 0.6) is 0 Å². The Bertz CT molecular complexity index is 644. The standard InChI is InChI=1S/C15H13BrN2OS/c1-10-9-12(7-8-13(10)16)17-15(20)18-14(19)11-5-3-2-4-6-11/h2-9H,1H3,(H2,17,18,19,20). The fraction of sp³-hybridized carbons (Fsp3) is 0.0667. The van der Waals surface area contributed by atoms with Crippen molar-refractivity contribution in [1.82, 2.24) is 5.32 Å². The van der Waals surface area contributed by atoms with E-state index in [1.54, 1.807) is 12.1 Å². The first-order chi connectivity index (χ1) is 9.56. The first-order valence-electron chi connectivity index (χ1n) is 6.00. The average molecular weight is 349 g/mol. The topological polar surface area (TPSA) is 41.1 Å². The monoisotopic (exact) mass is 348 g/mol. The van der Waals surface area contributed by atoms with Crippen molar-refractivity contribution >= 4 is 44.9 Å². The molecule has 0 aliphatic heterocycles. The maximum absolute atomic E-state index is 11.9. The van der Waals surface area contributed by atoms with Crippen LogP contribution in [0.4, 0.5) is 5.69 Å². The Kier molecular flexibility index (Phi) is 4.87. The number of halogens is 1. The van der Waals surface area contributed by atoms with Crippen molar-refractivity contribution in [3.8, 4) is 0 Å². The summed E-state index contributed by atoms with van der Waals surface area (Å²) in [4.78, 5) is 11.9. The van der Waals surface area contributed by atoms with Crippen LogP contribution in [0.2, 0.25) is 0 Å². The molecule has 0 aromatic heterocycles. The summed E-state index contributed by atoms with van der Waals surface area (Å²) in [5.74, 6) is -0.225. The van der Waals surface area contributed by atoms with Crippen molar-refractivity contribution in [1.29, 1.82) is 0 Å². The van der Waals surface area contributed by atoms with Crippen molar-refractivity contribution in [3.05, 3.63) is 64.1 Å². The molecule has 0 saturated heterocycles. The summed E-state index contributed by atoms with van der Waals surface area (Å²) >= 11 is 8.57. The lowest BCUT2D eigenvalue weighted by Crippen LogP contribution is -2.34. The van der Waals surface area contributed by atoms with E-state index in [1.165, 1.54) is 0 Å². The maximum Gasteiger partial charge on any atom is 0.257 e. The molecule has 0 aliphatic carbocycles. The van der Waals surface area contributed by atoms with Crippen molar-refractivity contribution in [3.63, 3.8) is 0 Å². The number of hydrogen-bond donors (Lipinski definition) is 2. The van der Waals surface area contributed by atoms with Gasteiger partial charge in [0.1, 0.15) is 0 Å². The van der Waals surface area contributed by atoms with Gasteiger partial charge in [0.15, 0.2) is 5.11 Å². The predicted molar refractivity (Wildman–Crippen MR) is 89.0 cm³/mol. The minimum absolute atomic E-state index is 0.225. The number of nitrogens with one attached hydrogen (secondary N) is 2. The van der Waals surface area contributed by atoms with Crippen LogP contribution >= 0.6 is 28.1 Å². The minimum Gasteiger partial charge on any atom is -0.332 e. The Balaban J connectivity index is 1.99. The van der Waals surface area contributed by atoms with Crippen LogP contribution in [-0.4, -0.2) is 11.0 Å². The molecule has 0 bridgehead atoms. The number of amides is 1. The van der Waals surface area contributed by atoms with Gasteiger partial charge in [-0.2, -0.15) is 0 Å². The van der Waals surface area contributed by atoms with Gasteiger partial charge >= 0.3 is 0 Å². The van der Waals surface area contributed by atoms with E-state index in [9.17, 15) is 4.79 Å². The molecule has 0 aliphatic rings. The highest BCUT2D eigenvalue weighted by Gasteiger charge is 2.07. The Labute approximate surface area is 131 Å². The van der Waals surface area contributed by atoms with Gasteiger partial charge in [0.05, 0.1) is 0 Å². The second-order valence-corrected chi connectivity index (χ2v) is 5.50. The van der Waals surface area contributed by atoms with Crippen LogP contribution in [0.15, 0.2) is 53.0 Å². The summed E-state index contributed by atoms with van der Waals surface area (Å²) in [6, 6.07) is 14.7. The molecule has 0 unspecified atom stereocenters. The van der Waals surface area contributed by atoms with Crippen LogP contribution in [0.25, 0.3) is 0 Å². The lowest BCUT2D eigenvalue weighted by Gasteiger charge is -2.10. The van der Waals surface area contributed by atoms with E-state index in [-0.39, 0.29) is 11.0 Å². The molecule has 0 spiro atoms. The third kappa shape index (κ3) is 3.88. The van der Waals surface area contributed by atoms with Crippen molar-refractivity contribution in [2.45, 2.75) is 6.92 Å². The molecule has 0 saturated carbocycles. The third-order valence-electron chi connectivity index (χ3n) is 2.68. The summed E-state index contributed by atoms with van der Waals surface area (Å²) in [5, 5.41) is 5.92. The second-order valence-electron chi connectivity index (χ2n) is 4.24. The zero-order chi connectivity index (χ0) is 14.5. The number of carbonyl (C=O) groups excluding carboxylic acids is 1. The third-order valence-corrected chi connectivity index (χ3v) is 3.77. The minimum atomic E-state index is -0.225. The van der Waals surface area contributed by atoms with Crippen molar-refractivity contribution in [2.75, 3.05) is 5.32 Å². The number of benzene rings is 2. The van der Waals surface area contributed by atoms with Crippen molar-refractivity contribution < 1.29 is 4.79 Å². The smallest absolute Gasteiger partial charge is 0.257 e. The summed E-state index contributed by atoms with van der Waals surface area (Å²) in [7, 11) is 0. The fourth-order valence-corrected chi connectivity index (χ4v) is 2.11. The normalized spacial score (nSPS) is 9.90. The molecule has 0 atom stereocenters. The molecule has 2 rings (SSSR count). The summed E-state index contributed by atoms with van der Waals surface area (Å²) in [6.07, 6.45) is 0. The molecule has 2 aromatic rings. The van der Waals surface area contributed by atoms with E-state index in [0.717, 1.165) is 15.7 Å². The zero-order valence-corrected chi connectivity index (χ0v) is 13.2. The van der Waals surface area contributed by atoms with Gasteiger partial charge in [-0.15, -0.1) is 0 Å². The molecule has 0 heterocycles. The lowest BCUT2D eigenvalue weighted by atomic mass is 10.2. The van der Waals surface area contributed by atoms with Gasteiger partial charge in [0.25, 0.3) is 5.91 Å². The molecule has 0 fully saturated rings. The molecule has 3 nitrogen and oxygen atoms in total. The number of hydrogen-bond acceptors (Lipinski definition) is 2. The lowest BCUT2D eigenvalue weighted by molar-refractivity contribution is 0.0978. The van der Waals surface area contributed by atoms with Crippen LogP contribution in [0.1, 0.15) is 15.9 Å². The fourth-order valence-electron chi connectivity index (χ4n) is 1.65. The number of anilines is 1. The van der Waals surface area contributed by atoms with Crippen molar-refractivity contribution in [2.24, 2.45) is 0 Å². The van der Waals surface area contributed by atoms with Crippen LogP contribution in [-0.2, 0) is 0 Å². The quantitative estimate of drug-likeness (QED) is 0.809. The summed E-state index contributed by atoms with van der Waals surface area (Å²) in [6.45, 7) is 1.99. The molecule has 5 heteroatoms. The first kappa shape index (κ1) is 14.7. The highest BCUT2D eigenvalue weighted by atomic mass is 79.9. The Morgan fingerprint density at radius 2 is 1.85 bits per heavy atom. The van der Waals surface area contributed by atoms with Crippen LogP contribution in [0, 0.1) is 6.92 Å². The van der Waals surface area contributed by atoms with E-state index < -0.39 is 0 Å². The first-order valence-corrected chi connectivity index (χ1v) is 7.20. The van der Waals surface area contributed by atoms with E-state index in [4.69, 9.17) is 12.2 Å². The maximum atomic E-state index is 11.9. The predicted octanol–water partition coefficient (Wildman–Crippen LogP) is 3.88. The van der Waals surface area contributed by atoms with Crippen LogP contribution < -0.4 is 10.6 Å². The number of rotatable bonds is 2. The molecule has 20 heavy (non-hydrogen) atoms. The summed E-state index contributed by atoms with van der Waals surface area (Å²) < 4.78 is 1.03. The molecule has 102 valence electrons. The van der Waals surface area contributed by atoms with Gasteiger partial charge in [-0.3, -0.25) is 10.1 Å². The van der Waals surface area contributed by atoms with Gasteiger partial charge < -0.3 is 5.32 Å². The molecule has 0 radical (unpaired) electrons. The van der Waals surface area contributed by atoms with Gasteiger partial charge in [-0.25, -0.2) is 0 Å². The average Bonchev–Trinajstić information content (AvgIpc) is 2.44. The number of carbonyl (C=O) groups is 1. The second kappa shape index (κ2) is 6.63. The highest BCUT2D eigenvalue weighted by molar-refractivity contribution is 9.10. The Morgan fingerprint density at radius 1 is 1.15 bits per heavy atom. The van der Waals surface area contributed by atoms with Gasteiger partial charge in [0.2, 0.25) is 0 Å². The molecule has 1 amide bonds. The van der Waals surface area contributed by atoms with Gasteiger partial charge in [0, 0.05) is 15.7 Å².